The maximum absolute atomic E-state index is 11.7. The molecule has 1 fully saturated rings. The topological polar surface area (TPSA) is 45.2 Å². The zero-order valence-corrected chi connectivity index (χ0v) is 9.19. The Morgan fingerprint density at radius 2 is 2.62 bits per heavy atom. The molecular weight excluding hydrogens is 254 g/mol. The second kappa shape index (κ2) is 3.73. The lowest BCUT2D eigenvalue weighted by molar-refractivity contribution is 0.0720. The van der Waals surface area contributed by atoms with E-state index in [1.54, 1.807) is 10.5 Å². The summed E-state index contributed by atoms with van der Waals surface area (Å²) in [5.41, 5.74) is 5.16. The lowest BCUT2D eigenvalue weighted by Crippen LogP contribution is -2.37. The summed E-state index contributed by atoms with van der Waals surface area (Å²) in [7, 11) is 0. The monoisotopic (exact) mass is 261 g/mol. The lowest BCUT2D eigenvalue weighted by Gasteiger charge is -2.13. The maximum Gasteiger partial charge on any atom is 0.288 e. The lowest BCUT2D eigenvalue weighted by atomic mass is 10.4. The zero-order chi connectivity index (χ0) is 9.26. The van der Waals surface area contributed by atoms with Gasteiger partial charge in [-0.3, -0.25) is 9.80 Å². The first-order valence-corrected chi connectivity index (χ1v) is 5.60. The molecule has 1 aromatic rings. The van der Waals surface area contributed by atoms with Gasteiger partial charge in [0.25, 0.3) is 5.91 Å². The summed E-state index contributed by atoms with van der Waals surface area (Å²) in [6, 6.07) is 0. The van der Waals surface area contributed by atoms with Crippen LogP contribution in [0.1, 0.15) is 16.9 Å². The van der Waals surface area contributed by atoms with E-state index in [4.69, 9.17) is 0 Å². The molecule has 6 heteroatoms. The molecule has 0 aliphatic carbocycles. The van der Waals surface area contributed by atoms with Gasteiger partial charge in [-0.15, -0.1) is 11.3 Å². The van der Waals surface area contributed by atoms with Crippen LogP contribution in [0, 0.1) is 0 Å². The van der Waals surface area contributed by atoms with Gasteiger partial charge in [-0.1, -0.05) is 0 Å². The number of carbonyl (C=O) groups excluding carboxylic acids is 1. The van der Waals surface area contributed by atoms with Crippen LogP contribution in [0.4, 0.5) is 0 Å². The summed E-state index contributed by atoms with van der Waals surface area (Å²) in [6.07, 6.45) is 1.01. The minimum Gasteiger partial charge on any atom is -0.272 e. The molecule has 1 aromatic heterocycles. The largest absolute Gasteiger partial charge is 0.288 e. The Kier molecular flexibility index (Phi) is 2.61. The summed E-state index contributed by atoms with van der Waals surface area (Å²) in [5.74, 6) is -0.0503. The highest BCUT2D eigenvalue weighted by atomic mass is 79.9. The molecule has 1 amide bonds. The Morgan fingerprint density at radius 1 is 1.77 bits per heavy atom. The fourth-order valence-electron chi connectivity index (χ4n) is 1.20. The molecule has 0 bridgehead atoms. The quantitative estimate of drug-likeness (QED) is 0.828. The molecular formula is C7H8BrN3OS. The Labute approximate surface area is 88.1 Å². The van der Waals surface area contributed by atoms with Crippen LogP contribution in [0.2, 0.25) is 0 Å². The summed E-state index contributed by atoms with van der Waals surface area (Å²) < 4.78 is 0.797. The van der Waals surface area contributed by atoms with E-state index < -0.39 is 0 Å². The van der Waals surface area contributed by atoms with Gasteiger partial charge >= 0.3 is 0 Å². The Balaban J connectivity index is 2.17. The van der Waals surface area contributed by atoms with Crippen molar-refractivity contribution >= 4 is 33.2 Å². The molecule has 13 heavy (non-hydrogen) atoms. The van der Waals surface area contributed by atoms with Crippen molar-refractivity contribution in [3.63, 3.8) is 0 Å². The van der Waals surface area contributed by atoms with E-state index in [0.29, 0.717) is 5.69 Å². The fourth-order valence-corrected chi connectivity index (χ4v) is 2.23. The van der Waals surface area contributed by atoms with Crippen LogP contribution in [0.25, 0.3) is 0 Å². The molecule has 0 saturated carbocycles. The number of hydrogen-bond acceptors (Lipinski definition) is 4. The highest BCUT2D eigenvalue weighted by Crippen LogP contribution is 2.21. The number of amides is 1. The van der Waals surface area contributed by atoms with E-state index in [-0.39, 0.29) is 5.91 Å². The summed E-state index contributed by atoms with van der Waals surface area (Å²) in [6.45, 7) is 1.64. The Morgan fingerprint density at radius 3 is 3.15 bits per heavy atom. The van der Waals surface area contributed by atoms with Gasteiger partial charge in [-0.2, -0.15) is 0 Å². The molecule has 4 nitrogen and oxygen atoms in total. The molecule has 2 rings (SSSR count). The van der Waals surface area contributed by atoms with Crippen LogP contribution in [-0.2, 0) is 0 Å². The van der Waals surface area contributed by atoms with Gasteiger partial charge in [0.15, 0.2) is 5.69 Å². The minimum atomic E-state index is -0.0503. The number of nitrogens with zero attached hydrogens (tertiary/aromatic N) is 2. The number of aromatic nitrogens is 1. The molecule has 0 radical (unpaired) electrons. The normalized spacial score (nSPS) is 16.5. The van der Waals surface area contributed by atoms with Gasteiger partial charge in [-0.05, 0) is 22.4 Å². The fraction of sp³-hybridized carbons (Fsp3) is 0.429. The number of thiazole rings is 1. The van der Waals surface area contributed by atoms with Gasteiger partial charge in [0.1, 0.15) is 3.79 Å². The van der Waals surface area contributed by atoms with Gasteiger partial charge in [-0.25, -0.2) is 10.4 Å². The van der Waals surface area contributed by atoms with E-state index >= 15 is 0 Å². The third kappa shape index (κ3) is 1.74. The van der Waals surface area contributed by atoms with Gasteiger partial charge in [0.05, 0.1) is 5.51 Å². The summed E-state index contributed by atoms with van der Waals surface area (Å²) >= 11 is 4.72. The molecule has 0 aromatic carbocycles. The zero-order valence-electron chi connectivity index (χ0n) is 6.79. The standard InChI is InChI=1S/C7H8BrN3OS/c8-6-5(9-4-13-6)7(12)11-3-1-2-10-11/h4,10H,1-3H2. The number of rotatable bonds is 1. The Bertz CT molecular complexity index is 321. The van der Waals surface area contributed by atoms with Crippen LogP contribution in [-0.4, -0.2) is 29.0 Å². The second-order valence-corrected chi connectivity index (χ2v) is 4.87. The van der Waals surface area contributed by atoms with Crippen LogP contribution in [0.15, 0.2) is 9.30 Å². The van der Waals surface area contributed by atoms with E-state index in [2.05, 4.69) is 26.3 Å². The molecule has 2 heterocycles. The molecule has 0 atom stereocenters. The predicted molar refractivity (Wildman–Crippen MR) is 53.5 cm³/mol. The number of halogens is 1. The van der Waals surface area contributed by atoms with E-state index in [1.165, 1.54) is 11.3 Å². The smallest absolute Gasteiger partial charge is 0.272 e. The van der Waals surface area contributed by atoms with Crippen molar-refractivity contribution in [3.8, 4) is 0 Å². The van der Waals surface area contributed by atoms with Crippen molar-refractivity contribution in [1.82, 2.24) is 15.4 Å². The molecule has 70 valence electrons. The van der Waals surface area contributed by atoms with Crippen molar-refractivity contribution in [2.75, 3.05) is 13.1 Å². The molecule has 0 spiro atoms. The van der Waals surface area contributed by atoms with Gasteiger partial charge < -0.3 is 0 Å². The average Bonchev–Trinajstić information content (AvgIpc) is 2.72. The van der Waals surface area contributed by atoms with Crippen molar-refractivity contribution < 1.29 is 4.79 Å². The van der Waals surface area contributed by atoms with E-state index in [1.807, 2.05) is 0 Å². The third-order valence-corrected chi connectivity index (χ3v) is 3.38. The van der Waals surface area contributed by atoms with Crippen molar-refractivity contribution in [1.29, 1.82) is 0 Å². The van der Waals surface area contributed by atoms with Gasteiger partial charge in [0, 0.05) is 13.1 Å². The van der Waals surface area contributed by atoms with Crippen molar-refractivity contribution in [2.24, 2.45) is 0 Å². The summed E-state index contributed by atoms with van der Waals surface area (Å²) in [5, 5.41) is 1.61. The number of carbonyl (C=O) groups is 1. The molecule has 1 aliphatic rings. The average molecular weight is 262 g/mol. The molecule has 1 aliphatic heterocycles. The first-order valence-electron chi connectivity index (χ1n) is 3.93. The van der Waals surface area contributed by atoms with Crippen LogP contribution >= 0.6 is 27.3 Å². The predicted octanol–water partition coefficient (Wildman–Crippen LogP) is 1.26. The number of hydrazine groups is 1. The molecule has 0 unspecified atom stereocenters. The van der Waals surface area contributed by atoms with E-state index in [9.17, 15) is 4.79 Å². The van der Waals surface area contributed by atoms with Crippen molar-refractivity contribution in [2.45, 2.75) is 6.42 Å². The van der Waals surface area contributed by atoms with Crippen LogP contribution in [0.3, 0.4) is 0 Å². The maximum atomic E-state index is 11.7. The highest BCUT2D eigenvalue weighted by molar-refractivity contribution is 9.11. The molecule has 1 saturated heterocycles. The van der Waals surface area contributed by atoms with Gasteiger partial charge in [0.2, 0.25) is 0 Å². The second-order valence-electron chi connectivity index (χ2n) is 2.69. The first kappa shape index (κ1) is 9.11. The van der Waals surface area contributed by atoms with Crippen LogP contribution < -0.4 is 5.43 Å². The highest BCUT2D eigenvalue weighted by Gasteiger charge is 2.22. The first-order chi connectivity index (χ1) is 6.29. The van der Waals surface area contributed by atoms with Crippen LogP contribution in [0.5, 0.6) is 0 Å². The van der Waals surface area contributed by atoms with E-state index in [0.717, 1.165) is 23.3 Å². The number of hydrogen-bond donors (Lipinski definition) is 1. The SMILES string of the molecule is O=C(c1ncsc1Br)N1CCCN1. The minimum absolute atomic E-state index is 0.0503. The summed E-state index contributed by atoms with van der Waals surface area (Å²) in [4.78, 5) is 15.7. The molecule has 1 N–H and O–H groups in total. The van der Waals surface area contributed by atoms with Crippen molar-refractivity contribution in [3.05, 3.63) is 15.0 Å². The third-order valence-electron chi connectivity index (χ3n) is 1.83. The Hall–Kier alpha value is -0.460. The number of nitrogens with one attached hydrogen (secondary N) is 1.